The van der Waals surface area contributed by atoms with E-state index >= 15 is 0 Å². The molecule has 0 aliphatic rings. The molecule has 1 atom stereocenters. The Bertz CT molecular complexity index is 945. The summed E-state index contributed by atoms with van der Waals surface area (Å²) in [6.07, 6.45) is 3.36. The summed E-state index contributed by atoms with van der Waals surface area (Å²) < 4.78 is 12.9. The Hall–Kier alpha value is -2.03. The van der Waals surface area contributed by atoms with E-state index in [2.05, 4.69) is 31.5 Å². The zero-order chi connectivity index (χ0) is 18.5. The van der Waals surface area contributed by atoms with Gasteiger partial charge in [0.05, 0.1) is 15.7 Å². The van der Waals surface area contributed by atoms with Gasteiger partial charge in [-0.3, -0.25) is 4.21 Å². The number of nitrogens with zero attached hydrogens (tertiary/aromatic N) is 1. The topological polar surface area (TPSA) is 71.1 Å². The highest BCUT2D eigenvalue weighted by Crippen LogP contribution is 2.34. The number of hydrogen-bond acceptors (Lipinski definition) is 4. The van der Waals surface area contributed by atoms with E-state index in [0.717, 1.165) is 19.9 Å². The first-order chi connectivity index (χ1) is 12.5. The van der Waals surface area contributed by atoms with E-state index in [1.165, 1.54) is 11.3 Å². The van der Waals surface area contributed by atoms with Gasteiger partial charge < -0.3 is 10.6 Å². The van der Waals surface area contributed by atoms with Crippen LogP contribution >= 0.6 is 27.3 Å². The second kappa shape index (κ2) is 8.57. The van der Waals surface area contributed by atoms with Crippen molar-refractivity contribution in [1.29, 1.82) is 0 Å². The standard InChI is InChI=1S/C18H16BrN3O2S2/c1-26(24)16-9-13(7-8-14(16)15-11-20-17(19)25-15)22-18(23)21-10-12-5-3-2-4-6-12/h2-9,11H,10H2,1H3,(H2,21,22,23). The van der Waals surface area contributed by atoms with E-state index in [9.17, 15) is 9.00 Å². The smallest absolute Gasteiger partial charge is 0.319 e. The van der Waals surface area contributed by atoms with Crippen LogP contribution in [0, 0.1) is 0 Å². The number of nitrogens with one attached hydrogen (secondary N) is 2. The quantitative estimate of drug-likeness (QED) is 0.596. The van der Waals surface area contributed by atoms with Gasteiger partial charge in [-0.05, 0) is 33.6 Å². The van der Waals surface area contributed by atoms with Gasteiger partial charge in [-0.1, -0.05) is 36.4 Å². The van der Waals surface area contributed by atoms with Crippen LogP contribution in [0.25, 0.3) is 10.4 Å². The summed E-state index contributed by atoms with van der Waals surface area (Å²) >= 11 is 4.81. The molecule has 0 aliphatic carbocycles. The summed E-state index contributed by atoms with van der Waals surface area (Å²) in [6, 6.07) is 14.7. The average Bonchev–Trinajstić information content (AvgIpc) is 3.07. The van der Waals surface area contributed by atoms with Crippen molar-refractivity contribution in [3.8, 4) is 10.4 Å². The molecule has 1 aromatic heterocycles. The molecule has 2 amide bonds. The van der Waals surface area contributed by atoms with Gasteiger partial charge >= 0.3 is 6.03 Å². The minimum Gasteiger partial charge on any atom is -0.334 e. The van der Waals surface area contributed by atoms with Crippen LogP contribution in [0.2, 0.25) is 0 Å². The lowest BCUT2D eigenvalue weighted by Gasteiger charge is -2.11. The first kappa shape index (κ1) is 18.8. The van der Waals surface area contributed by atoms with E-state index in [1.54, 1.807) is 24.6 Å². The Morgan fingerprint density at radius 3 is 2.65 bits per heavy atom. The predicted octanol–water partition coefficient (Wildman–Crippen LogP) is 4.63. The van der Waals surface area contributed by atoms with E-state index in [4.69, 9.17) is 0 Å². The Labute approximate surface area is 166 Å². The molecular formula is C18H16BrN3O2S2. The molecule has 0 fully saturated rings. The maximum atomic E-state index is 12.2. The third-order valence-electron chi connectivity index (χ3n) is 3.59. The lowest BCUT2D eigenvalue weighted by atomic mass is 10.2. The van der Waals surface area contributed by atoms with Crippen LogP contribution in [0.5, 0.6) is 0 Å². The van der Waals surface area contributed by atoms with Gasteiger partial charge in [-0.2, -0.15) is 0 Å². The minimum atomic E-state index is -1.20. The van der Waals surface area contributed by atoms with Crippen molar-refractivity contribution >= 4 is 49.8 Å². The van der Waals surface area contributed by atoms with Crippen LogP contribution < -0.4 is 10.6 Å². The molecule has 0 bridgehead atoms. The molecule has 3 rings (SSSR count). The van der Waals surface area contributed by atoms with Crippen molar-refractivity contribution in [3.63, 3.8) is 0 Å². The molecule has 26 heavy (non-hydrogen) atoms. The lowest BCUT2D eigenvalue weighted by Crippen LogP contribution is -2.28. The molecule has 0 spiro atoms. The summed E-state index contributed by atoms with van der Waals surface area (Å²) in [6.45, 7) is 0.437. The number of amides is 2. The highest BCUT2D eigenvalue weighted by Gasteiger charge is 2.13. The second-order valence-electron chi connectivity index (χ2n) is 5.44. The van der Waals surface area contributed by atoms with Crippen molar-refractivity contribution in [2.45, 2.75) is 11.4 Å². The fraction of sp³-hybridized carbons (Fsp3) is 0.111. The van der Waals surface area contributed by atoms with Gasteiger partial charge in [0.15, 0.2) is 3.92 Å². The number of hydrogen-bond donors (Lipinski definition) is 2. The number of halogens is 1. The van der Waals surface area contributed by atoms with Crippen molar-refractivity contribution in [2.75, 3.05) is 11.6 Å². The number of carbonyl (C=O) groups is 1. The van der Waals surface area contributed by atoms with E-state index in [-0.39, 0.29) is 6.03 Å². The van der Waals surface area contributed by atoms with E-state index in [0.29, 0.717) is 17.1 Å². The van der Waals surface area contributed by atoms with Crippen LogP contribution in [0.15, 0.2) is 63.5 Å². The van der Waals surface area contributed by atoms with Crippen molar-refractivity contribution in [3.05, 3.63) is 64.2 Å². The van der Waals surface area contributed by atoms with Gasteiger partial charge in [0.2, 0.25) is 0 Å². The summed E-state index contributed by atoms with van der Waals surface area (Å²) in [5, 5.41) is 5.59. The molecular weight excluding hydrogens is 434 g/mol. The van der Waals surface area contributed by atoms with Gasteiger partial charge in [0.1, 0.15) is 0 Å². The normalized spacial score (nSPS) is 11.8. The van der Waals surface area contributed by atoms with Crippen LogP contribution in [0.3, 0.4) is 0 Å². The molecule has 0 radical (unpaired) electrons. The fourth-order valence-corrected chi connectivity index (χ4v) is 4.52. The molecule has 1 heterocycles. The summed E-state index contributed by atoms with van der Waals surface area (Å²) in [4.78, 5) is 17.9. The summed E-state index contributed by atoms with van der Waals surface area (Å²) in [5.74, 6) is 0. The molecule has 1 unspecified atom stereocenters. The molecule has 0 saturated carbocycles. The Balaban J connectivity index is 1.73. The number of benzene rings is 2. The Morgan fingerprint density at radius 1 is 1.23 bits per heavy atom. The fourth-order valence-electron chi connectivity index (χ4n) is 2.37. The predicted molar refractivity (Wildman–Crippen MR) is 110 cm³/mol. The average molecular weight is 450 g/mol. The highest BCUT2D eigenvalue weighted by atomic mass is 79.9. The second-order valence-corrected chi connectivity index (χ2v) is 9.09. The van der Waals surface area contributed by atoms with Gasteiger partial charge in [0, 0.05) is 35.1 Å². The molecule has 5 nitrogen and oxygen atoms in total. The van der Waals surface area contributed by atoms with E-state index in [1.807, 2.05) is 36.4 Å². The molecule has 8 heteroatoms. The zero-order valence-electron chi connectivity index (χ0n) is 13.9. The van der Waals surface area contributed by atoms with Crippen molar-refractivity contribution in [2.24, 2.45) is 0 Å². The Morgan fingerprint density at radius 2 is 2.00 bits per heavy atom. The number of urea groups is 1. The number of carbonyl (C=O) groups excluding carboxylic acids is 1. The molecule has 3 aromatic rings. The number of thiazole rings is 1. The first-order valence-corrected chi connectivity index (χ1v) is 10.9. The zero-order valence-corrected chi connectivity index (χ0v) is 17.1. The number of rotatable bonds is 5. The molecule has 0 aliphatic heterocycles. The number of anilines is 1. The summed E-state index contributed by atoms with van der Waals surface area (Å²) in [5.41, 5.74) is 2.46. The maximum Gasteiger partial charge on any atom is 0.319 e. The van der Waals surface area contributed by atoms with Crippen LogP contribution in [0.4, 0.5) is 10.5 Å². The summed E-state index contributed by atoms with van der Waals surface area (Å²) in [7, 11) is -1.20. The first-order valence-electron chi connectivity index (χ1n) is 7.71. The van der Waals surface area contributed by atoms with Crippen molar-refractivity contribution < 1.29 is 9.00 Å². The highest BCUT2D eigenvalue weighted by molar-refractivity contribution is 9.11. The van der Waals surface area contributed by atoms with Gasteiger partial charge in [0.25, 0.3) is 0 Å². The van der Waals surface area contributed by atoms with Crippen LogP contribution in [0.1, 0.15) is 5.56 Å². The molecule has 2 N–H and O–H groups in total. The SMILES string of the molecule is CS(=O)c1cc(NC(=O)NCc2ccccc2)ccc1-c1cnc(Br)s1. The molecule has 2 aromatic carbocycles. The lowest BCUT2D eigenvalue weighted by molar-refractivity contribution is 0.251. The molecule has 134 valence electrons. The van der Waals surface area contributed by atoms with Crippen molar-refractivity contribution in [1.82, 2.24) is 10.3 Å². The van der Waals surface area contributed by atoms with E-state index < -0.39 is 10.8 Å². The Kier molecular flexibility index (Phi) is 6.18. The largest absolute Gasteiger partial charge is 0.334 e. The third kappa shape index (κ3) is 4.78. The van der Waals surface area contributed by atoms with Crippen LogP contribution in [-0.2, 0) is 17.3 Å². The monoisotopic (exact) mass is 449 g/mol. The van der Waals surface area contributed by atoms with Gasteiger partial charge in [-0.15, -0.1) is 11.3 Å². The minimum absolute atomic E-state index is 0.310. The number of aromatic nitrogens is 1. The van der Waals surface area contributed by atoms with Crippen LogP contribution in [-0.4, -0.2) is 21.5 Å². The maximum absolute atomic E-state index is 12.2. The van der Waals surface area contributed by atoms with Gasteiger partial charge in [-0.25, -0.2) is 9.78 Å². The molecule has 0 saturated heterocycles. The third-order valence-corrected chi connectivity index (χ3v) is 6.05.